The van der Waals surface area contributed by atoms with Crippen LogP contribution in [0.5, 0.6) is 0 Å². The molecular formula is C26H16N2O6. The third-order valence-corrected chi connectivity index (χ3v) is 5.38. The number of ether oxygens (including phenoxy) is 1. The van der Waals surface area contributed by atoms with Gasteiger partial charge in [0, 0.05) is 33.5 Å². The minimum Gasteiger partial charge on any atom is -0.452 e. The van der Waals surface area contributed by atoms with Crippen molar-refractivity contribution >= 4 is 29.1 Å². The quantitative estimate of drug-likeness (QED) is 0.402. The molecule has 1 aromatic heterocycles. The van der Waals surface area contributed by atoms with E-state index in [0.717, 1.165) is 5.56 Å². The normalized spacial score (nSPS) is 12.0. The number of amides is 1. The Hall–Kier alpha value is -4.85. The molecule has 0 saturated carbocycles. The fourth-order valence-electron chi connectivity index (χ4n) is 3.72. The molecule has 166 valence electrons. The number of rotatable bonds is 5. The summed E-state index contributed by atoms with van der Waals surface area (Å²) in [5.74, 6) is -1.22. The molecule has 0 atom stereocenters. The minimum absolute atomic E-state index is 0.213. The van der Waals surface area contributed by atoms with Crippen molar-refractivity contribution in [2.75, 3.05) is 11.9 Å². The fraction of sp³-hybridized carbons (Fsp3) is 0.0385. The second kappa shape index (κ2) is 8.59. The topological polar surface area (TPSA) is 116 Å². The molecule has 5 rings (SSSR count). The van der Waals surface area contributed by atoms with E-state index in [9.17, 15) is 19.2 Å². The molecule has 3 aromatic carbocycles. The van der Waals surface area contributed by atoms with E-state index < -0.39 is 18.5 Å². The standard InChI is InChI=1S/C26H16N2O6/c29-23(13-33-26(32)16-7-5-15(6-8-16)22-12-27-14-34-22)28-17-9-10-20-21(11-17)25(31)19-4-2-1-3-18(19)24(20)30/h1-12,14H,13H2,(H,28,29). The van der Waals surface area contributed by atoms with E-state index in [1.807, 2.05) is 0 Å². The minimum atomic E-state index is -0.665. The number of nitrogens with zero attached hydrogens (tertiary/aromatic N) is 1. The first-order valence-corrected chi connectivity index (χ1v) is 10.3. The summed E-state index contributed by atoms with van der Waals surface area (Å²) in [4.78, 5) is 53.9. The van der Waals surface area contributed by atoms with Crippen molar-refractivity contribution in [1.82, 2.24) is 4.98 Å². The number of hydrogen-bond acceptors (Lipinski definition) is 7. The van der Waals surface area contributed by atoms with Gasteiger partial charge in [0.1, 0.15) is 0 Å². The lowest BCUT2D eigenvalue weighted by molar-refractivity contribution is -0.119. The summed E-state index contributed by atoms with van der Waals surface area (Å²) >= 11 is 0. The van der Waals surface area contributed by atoms with Gasteiger partial charge in [-0.05, 0) is 30.3 Å². The van der Waals surface area contributed by atoms with Crippen LogP contribution in [-0.4, -0.2) is 35.0 Å². The summed E-state index contributed by atoms with van der Waals surface area (Å²) in [5.41, 5.74) is 2.51. The Balaban J connectivity index is 1.23. The average molecular weight is 452 g/mol. The molecule has 0 saturated heterocycles. The van der Waals surface area contributed by atoms with E-state index >= 15 is 0 Å². The zero-order valence-corrected chi connectivity index (χ0v) is 17.6. The largest absolute Gasteiger partial charge is 0.452 e. The molecule has 8 nitrogen and oxygen atoms in total. The number of ketones is 2. The highest BCUT2D eigenvalue weighted by molar-refractivity contribution is 6.28. The third kappa shape index (κ3) is 3.88. The predicted octanol–water partition coefficient (Wildman–Crippen LogP) is 3.91. The van der Waals surface area contributed by atoms with Crippen LogP contribution in [-0.2, 0) is 9.53 Å². The van der Waals surface area contributed by atoms with Crippen LogP contribution in [0.1, 0.15) is 42.2 Å². The molecule has 0 radical (unpaired) electrons. The van der Waals surface area contributed by atoms with Gasteiger partial charge in [-0.3, -0.25) is 14.4 Å². The van der Waals surface area contributed by atoms with Crippen LogP contribution >= 0.6 is 0 Å². The van der Waals surface area contributed by atoms with Crippen LogP contribution in [0.15, 0.2) is 83.7 Å². The average Bonchev–Trinajstić information content (AvgIpc) is 3.41. The molecule has 0 unspecified atom stereocenters. The molecule has 8 heteroatoms. The fourth-order valence-corrected chi connectivity index (χ4v) is 3.72. The lowest BCUT2D eigenvalue weighted by Crippen LogP contribution is -2.23. The molecule has 0 fully saturated rings. The number of carbonyl (C=O) groups excluding carboxylic acids is 4. The van der Waals surface area contributed by atoms with E-state index in [-0.39, 0.29) is 28.3 Å². The maximum atomic E-state index is 12.8. The number of carbonyl (C=O) groups is 4. The number of aromatic nitrogens is 1. The second-order valence-corrected chi connectivity index (χ2v) is 7.53. The van der Waals surface area contributed by atoms with Gasteiger partial charge in [-0.2, -0.15) is 0 Å². The smallest absolute Gasteiger partial charge is 0.338 e. The van der Waals surface area contributed by atoms with Gasteiger partial charge in [-0.15, -0.1) is 0 Å². The van der Waals surface area contributed by atoms with Crippen LogP contribution in [0.3, 0.4) is 0 Å². The zero-order chi connectivity index (χ0) is 23.7. The molecule has 4 aromatic rings. The van der Waals surface area contributed by atoms with Crippen LogP contribution in [0.4, 0.5) is 5.69 Å². The molecule has 1 aliphatic rings. The van der Waals surface area contributed by atoms with Crippen molar-refractivity contribution in [3.05, 3.63) is 107 Å². The number of fused-ring (bicyclic) bond motifs is 2. The molecule has 1 aliphatic carbocycles. The summed E-state index contributed by atoms with van der Waals surface area (Å²) in [7, 11) is 0. The number of anilines is 1. The first-order chi connectivity index (χ1) is 16.5. The van der Waals surface area contributed by atoms with Gasteiger partial charge >= 0.3 is 5.97 Å². The van der Waals surface area contributed by atoms with Gasteiger partial charge in [0.15, 0.2) is 30.3 Å². The Morgan fingerprint density at radius 1 is 0.853 bits per heavy atom. The molecule has 0 spiro atoms. The highest BCUT2D eigenvalue weighted by Gasteiger charge is 2.29. The maximum absolute atomic E-state index is 12.8. The molecule has 0 bridgehead atoms. The van der Waals surface area contributed by atoms with E-state index in [1.54, 1.807) is 54.7 Å². The van der Waals surface area contributed by atoms with Crippen LogP contribution in [0.25, 0.3) is 11.3 Å². The Bertz CT molecular complexity index is 1440. The Morgan fingerprint density at radius 3 is 2.21 bits per heavy atom. The monoisotopic (exact) mass is 452 g/mol. The van der Waals surface area contributed by atoms with Gasteiger partial charge in [0.05, 0.1) is 11.8 Å². The van der Waals surface area contributed by atoms with Crippen LogP contribution in [0, 0.1) is 0 Å². The number of esters is 1. The SMILES string of the molecule is O=C(COC(=O)c1ccc(-c2cnco2)cc1)Nc1ccc2c(c1)C(=O)c1ccccc1C2=O. The van der Waals surface area contributed by atoms with Gasteiger partial charge in [0.25, 0.3) is 5.91 Å². The summed E-state index contributed by atoms with van der Waals surface area (Å²) in [6.07, 6.45) is 2.87. The van der Waals surface area contributed by atoms with E-state index in [4.69, 9.17) is 9.15 Å². The van der Waals surface area contributed by atoms with Crippen LogP contribution < -0.4 is 5.32 Å². The predicted molar refractivity (Wildman–Crippen MR) is 121 cm³/mol. The van der Waals surface area contributed by atoms with Gasteiger partial charge in [0.2, 0.25) is 0 Å². The molecule has 34 heavy (non-hydrogen) atoms. The zero-order valence-electron chi connectivity index (χ0n) is 17.6. The van der Waals surface area contributed by atoms with Gasteiger partial charge in [-0.1, -0.05) is 36.4 Å². The molecule has 1 amide bonds. The Kier molecular flexibility index (Phi) is 5.31. The lowest BCUT2D eigenvalue weighted by atomic mass is 9.84. The molecule has 1 N–H and O–H groups in total. The van der Waals surface area contributed by atoms with Crippen molar-refractivity contribution in [2.45, 2.75) is 0 Å². The van der Waals surface area contributed by atoms with Crippen molar-refractivity contribution < 1.29 is 28.3 Å². The number of hydrogen-bond donors (Lipinski definition) is 1. The molecular weight excluding hydrogens is 436 g/mol. The maximum Gasteiger partial charge on any atom is 0.338 e. The van der Waals surface area contributed by atoms with Gasteiger partial charge < -0.3 is 14.5 Å². The first-order valence-electron chi connectivity index (χ1n) is 10.3. The Labute approximate surface area is 193 Å². The highest BCUT2D eigenvalue weighted by atomic mass is 16.5. The lowest BCUT2D eigenvalue weighted by Gasteiger charge is -2.18. The van der Waals surface area contributed by atoms with Crippen molar-refractivity contribution in [3.63, 3.8) is 0 Å². The van der Waals surface area contributed by atoms with Crippen LogP contribution in [0.2, 0.25) is 0 Å². The second-order valence-electron chi connectivity index (χ2n) is 7.53. The van der Waals surface area contributed by atoms with Crippen molar-refractivity contribution in [3.8, 4) is 11.3 Å². The summed E-state index contributed by atoms with van der Waals surface area (Å²) < 4.78 is 10.3. The van der Waals surface area contributed by atoms with E-state index in [0.29, 0.717) is 22.6 Å². The van der Waals surface area contributed by atoms with Gasteiger partial charge in [-0.25, -0.2) is 9.78 Å². The number of oxazole rings is 1. The number of benzene rings is 3. The summed E-state index contributed by atoms with van der Waals surface area (Å²) in [5, 5.41) is 2.59. The first kappa shape index (κ1) is 21.0. The van der Waals surface area contributed by atoms with E-state index in [2.05, 4.69) is 10.3 Å². The number of nitrogens with one attached hydrogen (secondary N) is 1. The van der Waals surface area contributed by atoms with Crippen molar-refractivity contribution in [2.24, 2.45) is 0 Å². The Morgan fingerprint density at radius 2 is 1.53 bits per heavy atom. The highest BCUT2D eigenvalue weighted by Crippen LogP contribution is 2.29. The molecule has 1 heterocycles. The summed E-state index contributed by atoms with van der Waals surface area (Å²) in [6, 6.07) is 17.6. The third-order valence-electron chi connectivity index (χ3n) is 5.38. The molecule has 0 aliphatic heterocycles. The summed E-state index contributed by atoms with van der Waals surface area (Å²) in [6.45, 7) is -0.518. The van der Waals surface area contributed by atoms with Crippen molar-refractivity contribution in [1.29, 1.82) is 0 Å². The van der Waals surface area contributed by atoms with E-state index in [1.165, 1.54) is 24.6 Å².